The lowest BCUT2D eigenvalue weighted by molar-refractivity contribution is -0.141. The molecule has 1 N–H and O–H groups in total. The Morgan fingerprint density at radius 2 is 1.88 bits per heavy atom. The lowest BCUT2D eigenvalue weighted by Crippen LogP contribution is -2.37. The fraction of sp³-hybridized carbons (Fsp3) is 0.133. The summed E-state index contributed by atoms with van der Waals surface area (Å²) in [5, 5.41) is 4.58. The SMILES string of the molecule is O=C(Cc1cccs1)Nn1nc(C(F)(F)F)c2ccccc2c1=O. The van der Waals surface area contributed by atoms with Gasteiger partial charge in [-0.1, -0.05) is 24.3 Å². The highest BCUT2D eigenvalue weighted by Gasteiger charge is 2.36. The molecule has 0 saturated heterocycles. The minimum Gasteiger partial charge on any atom is -0.273 e. The van der Waals surface area contributed by atoms with E-state index in [1.54, 1.807) is 17.5 Å². The molecule has 0 aliphatic rings. The van der Waals surface area contributed by atoms with Gasteiger partial charge in [0.1, 0.15) is 0 Å². The maximum atomic E-state index is 13.2. The molecule has 124 valence electrons. The Morgan fingerprint density at radius 1 is 1.17 bits per heavy atom. The summed E-state index contributed by atoms with van der Waals surface area (Å²) in [5.41, 5.74) is 0.0651. The molecule has 0 aliphatic carbocycles. The maximum Gasteiger partial charge on any atom is 0.435 e. The zero-order valence-corrected chi connectivity index (χ0v) is 12.8. The van der Waals surface area contributed by atoms with Crippen LogP contribution in [0.25, 0.3) is 10.8 Å². The van der Waals surface area contributed by atoms with Crippen LogP contribution in [0.5, 0.6) is 0 Å². The number of hydrogen-bond acceptors (Lipinski definition) is 4. The molecule has 1 aromatic carbocycles. The van der Waals surface area contributed by atoms with Crippen molar-refractivity contribution in [3.05, 3.63) is 62.7 Å². The third-order valence-electron chi connectivity index (χ3n) is 3.22. The van der Waals surface area contributed by atoms with Crippen molar-refractivity contribution in [3.8, 4) is 0 Å². The number of alkyl halides is 3. The Labute approximate surface area is 137 Å². The van der Waals surface area contributed by atoms with Gasteiger partial charge in [0, 0.05) is 10.3 Å². The lowest BCUT2D eigenvalue weighted by atomic mass is 10.1. The summed E-state index contributed by atoms with van der Waals surface area (Å²) >= 11 is 1.33. The van der Waals surface area contributed by atoms with Gasteiger partial charge in [-0.15, -0.1) is 21.2 Å². The Hall–Kier alpha value is -2.68. The van der Waals surface area contributed by atoms with E-state index in [0.717, 1.165) is 4.88 Å². The molecule has 2 heterocycles. The number of hydrogen-bond donors (Lipinski definition) is 1. The number of thiophene rings is 1. The van der Waals surface area contributed by atoms with E-state index in [-0.39, 0.29) is 17.2 Å². The summed E-state index contributed by atoms with van der Waals surface area (Å²) < 4.78 is 39.5. The highest BCUT2D eigenvalue weighted by molar-refractivity contribution is 7.10. The normalized spacial score (nSPS) is 11.6. The minimum atomic E-state index is -4.76. The van der Waals surface area contributed by atoms with Crippen molar-refractivity contribution in [1.82, 2.24) is 9.89 Å². The van der Waals surface area contributed by atoms with Crippen LogP contribution in [-0.4, -0.2) is 15.8 Å². The molecule has 0 saturated carbocycles. The monoisotopic (exact) mass is 353 g/mol. The van der Waals surface area contributed by atoms with Gasteiger partial charge in [0.25, 0.3) is 5.56 Å². The van der Waals surface area contributed by atoms with E-state index in [4.69, 9.17) is 0 Å². The first-order valence-electron chi connectivity index (χ1n) is 6.78. The van der Waals surface area contributed by atoms with Crippen molar-refractivity contribution in [3.63, 3.8) is 0 Å². The molecule has 9 heteroatoms. The third-order valence-corrected chi connectivity index (χ3v) is 4.10. The average molecular weight is 353 g/mol. The van der Waals surface area contributed by atoms with Crippen molar-refractivity contribution in [1.29, 1.82) is 0 Å². The number of fused-ring (bicyclic) bond motifs is 1. The Bertz CT molecular complexity index is 949. The fourth-order valence-corrected chi connectivity index (χ4v) is 2.91. The maximum absolute atomic E-state index is 13.2. The second-order valence-electron chi connectivity index (χ2n) is 4.90. The topological polar surface area (TPSA) is 64.0 Å². The van der Waals surface area contributed by atoms with E-state index in [1.807, 2.05) is 0 Å². The van der Waals surface area contributed by atoms with E-state index >= 15 is 0 Å². The van der Waals surface area contributed by atoms with Crippen LogP contribution in [0.4, 0.5) is 13.2 Å². The molecule has 5 nitrogen and oxygen atoms in total. The zero-order valence-electron chi connectivity index (χ0n) is 12.0. The number of rotatable bonds is 3. The molecule has 0 radical (unpaired) electrons. The Balaban J connectivity index is 2.03. The van der Waals surface area contributed by atoms with Gasteiger partial charge in [-0.25, -0.2) is 5.43 Å². The van der Waals surface area contributed by atoms with E-state index in [1.165, 1.54) is 35.6 Å². The summed E-state index contributed by atoms with van der Waals surface area (Å²) in [6.45, 7) is 0. The van der Waals surface area contributed by atoms with Crippen LogP contribution < -0.4 is 11.0 Å². The van der Waals surface area contributed by atoms with Crippen molar-refractivity contribution in [2.45, 2.75) is 12.6 Å². The number of amides is 1. The molecular formula is C15H10F3N3O2S. The Kier molecular flexibility index (Phi) is 4.10. The smallest absolute Gasteiger partial charge is 0.273 e. The predicted octanol–water partition coefficient (Wildman–Crippen LogP) is 2.79. The average Bonchev–Trinajstić information content (AvgIpc) is 3.02. The first kappa shape index (κ1) is 16.2. The van der Waals surface area contributed by atoms with Crippen LogP contribution >= 0.6 is 11.3 Å². The molecular weight excluding hydrogens is 343 g/mol. The van der Waals surface area contributed by atoms with Crippen molar-refractivity contribution in [2.75, 3.05) is 5.43 Å². The zero-order chi connectivity index (χ0) is 17.3. The molecule has 0 atom stereocenters. The predicted molar refractivity (Wildman–Crippen MR) is 83.4 cm³/mol. The quantitative estimate of drug-likeness (QED) is 0.788. The van der Waals surface area contributed by atoms with Crippen molar-refractivity contribution >= 4 is 28.0 Å². The third kappa shape index (κ3) is 3.16. The number of nitrogens with zero attached hydrogens (tertiary/aromatic N) is 2. The van der Waals surface area contributed by atoms with Crippen LogP contribution in [-0.2, 0) is 17.4 Å². The van der Waals surface area contributed by atoms with Gasteiger partial charge in [0.15, 0.2) is 5.69 Å². The van der Waals surface area contributed by atoms with Gasteiger partial charge in [-0.05, 0) is 17.5 Å². The molecule has 3 aromatic rings. The van der Waals surface area contributed by atoms with Gasteiger partial charge in [0.05, 0.1) is 11.8 Å². The summed E-state index contributed by atoms with van der Waals surface area (Å²) in [6.07, 6.45) is -4.81. The molecule has 0 bridgehead atoms. The van der Waals surface area contributed by atoms with Crippen LogP contribution in [0, 0.1) is 0 Å². The second kappa shape index (κ2) is 6.08. The van der Waals surface area contributed by atoms with Crippen LogP contribution in [0.15, 0.2) is 46.6 Å². The largest absolute Gasteiger partial charge is 0.435 e. The molecule has 2 aromatic heterocycles. The minimum absolute atomic E-state index is 0.0556. The number of carbonyl (C=O) groups excluding carboxylic acids is 1. The number of halogens is 3. The Morgan fingerprint density at radius 3 is 2.50 bits per heavy atom. The van der Waals surface area contributed by atoms with Gasteiger partial charge in [-0.2, -0.15) is 13.2 Å². The van der Waals surface area contributed by atoms with Gasteiger partial charge in [0.2, 0.25) is 5.91 Å². The molecule has 1 amide bonds. The molecule has 24 heavy (non-hydrogen) atoms. The van der Waals surface area contributed by atoms with Gasteiger partial charge < -0.3 is 0 Å². The lowest BCUT2D eigenvalue weighted by Gasteiger charge is -2.13. The second-order valence-corrected chi connectivity index (χ2v) is 5.93. The summed E-state index contributed by atoms with van der Waals surface area (Å²) in [5.74, 6) is -0.629. The van der Waals surface area contributed by atoms with Crippen molar-refractivity contribution in [2.24, 2.45) is 0 Å². The van der Waals surface area contributed by atoms with Crippen LogP contribution in [0.1, 0.15) is 10.6 Å². The first-order valence-corrected chi connectivity index (χ1v) is 7.66. The van der Waals surface area contributed by atoms with Crippen LogP contribution in [0.2, 0.25) is 0 Å². The van der Waals surface area contributed by atoms with Crippen molar-refractivity contribution < 1.29 is 18.0 Å². The molecule has 3 rings (SSSR count). The van der Waals surface area contributed by atoms with E-state index in [2.05, 4.69) is 10.5 Å². The molecule has 0 fully saturated rings. The van der Waals surface area contributed by atoms with E-state index in [9.17, 15) is 22.8 Å². The van der Waals surface area contributed by atoms with Crippen LogP contribution in [0.3, 0.4) is 0 Å². The highest BCUT2D eigenvalue weighted by atomic mass is 32.1. The number of aromatic nitrogens is 2. The number of nitrogens with one attached hydrogen (secondary N) is 1. The molecule has 0 spiro atoms. The highest BCUT2D eigenvalue weighted by Crippen LogP contribution is 2.31. The fourth-order valence-electron chi connectivity index (χ4n) is 2.20. The summed E-state index contributed by atoms with van der Waals surface area (Å²) in [4.78, 5) is 25.3. The van der Waals surface area contributed by atoms with E-state index < -0.39 is 23.3 Å². The van der Waals surface area contributed by atoms with Gasteiger partial charge >= 0.3 is 6.18 Å². The first-order chi connectivity index (χ1) is 11.4. The number of carbonyl (C=O) groups is 1. The van der Waals surface area contributed by atoms with E-state index in [0.29, 0.717) is 4.79 Å². The van der Waals surface area contributed by atoms with Gasteiger partial charge in [-0.3, -0.25) is 9.59 Å². The molecule has 0 unspecified atom stereocenters. The molecule has 0 aliphatic heterocycles. The number of benzene rings is 1. The summed E-state index contributed by atoms with van der Waals surface area (Å²) in [7, 11) is 0. The standard InChI is InChI=1S/C15H10F3N3O2S/c16-15(17,18)13-10-5-1-2-6-11(10)14(23)21(20-13)19-12(22)8-9-4-3-7-24-9/h1-7H,8H2,(H,19,22). The summed E-state index contributed by atoms with van der Waals surface area (Å²) in [6, 6.07) is 8.72.